The van der Waals surface area contributed by atoms with Gasteiger partial charge in [0.05, 0.1) is 39.6 Å². The monoisotopic (exact) mass is 1070 g/mol. The molecule has 0 bridgehead atoms. The fraction of sp³-hybridized carbons (Fsp3) is 0.950. The molecule has 6 saturated heterocycles. The highest BCUT2D eigenvalue weighted by molar-refractivity contribution is 5.73. The molecule has 33 heteroatoms. The van der Waals surface area contributed by atoms with Gasteiger partial charge in [0, 0.05) is 13.8 Å². The second-order valence-corrected chi connectivity index (χ2v) is 18.2. The third kappa shape index (κ3) is 12.9. The first-order valence-corrected chi connectivity index (χ1v) is 23.1. The highest BCUT2D eigenvalue weighted by atomic mass is 16.8. The molecule has 424 valence electrons. The third-order valence-electron chi connectivity index (χ3n) is 13.2. The van der Waals surface area contributed by atoms with Crippen LogP contribution in [0.1, 0.15) is 13.8 Å². The number of hydrogen-bond donors (Lipinski definition) is 20. The van der Waals surface area contributed by atoms with E-state index < -0.39 is 236 Å². The number of amides is 2. The summed E-state index contributed by atoms with van der Waals surface area (Å²) in [6.07, 6.45) is -53.9. The summed E-state index contributed by atoms with van der Waals surface area (Å²) in [5, 5.41) is 197. The van der Waals surface area contributed by atoms with E-state index in [1.165, 1.54) is 0 Å². The predicted molar refractivity (Wildman–Crippen MR) is 222 cm³/mol. The van der Waals surface area contributed by atoms with Crippen LogP contribution in [0.5, 0.6) is 0 Å². The molecule has 33 nitrogen and oxygen atoms in total. The van der Waals surface area contributed by atoms with Crippen molar-refractivity contribution in [3.05, 3.63) is 0 Å². The van der Waals surface area contributed by atoms with Crippen LogP contribution in [0.2, 0.25) is 0 Å². The maximum Gasteiger partial charge on any atom is 0.217 e. The molecule has 6 fully saturated rings. The second-order valence-electron chi connectivity index (χ2n) is 18.2. The van der Waals surface area contributed by atoms with Gasteiger partial charge < -0.3 is 155 Å². The Kier molecular flexibility index (Phi) is 21.3. The molecule has 0 aromatic carbocycles. The highest BCUT2D eigenvalue weighted by Gasteiger charge is 2.58. The van der Waals surface area contributed by atoms with Crippen molar-refractivity contribution in [3.8, 4) is 0 Å². The van der Waals surface area contributed by atoms with E-state index in [1.807, 2.05) is 0 Å². The van der Waals surface area contributed by atoms with Crippen LogP contribution in [0.3, 0.4) is 0 Å². The molecule has 73 heavy (non-hydrogen) atoms. The molecule has 0 unspecified atom stereocenters. The van der Waals surface area contributed by atoms with Crippen molar-refractivity contribution in [1.82, 2.24) is 10.6 Å². The minimum absolute atomic E-state index is 0.848. The van der Waals surface area contributed by atoms with Crippen LogP contribution in [0, 0.1) is 0 Å². The van der Waals surface area contributed by atoms with Crippen molar-refractivity contribution in [3.63, 3.8) is 0 Å². The summed E-state index contributed by atoms with van der Waals surface area (Å²) < 4.78 is 62.8. The third-order valence-corrected chi connectivity index (χ3v) is 13.2. The van der Waals surface area contributed by atoms with E-state index in [0.29, 0.717) is 0 Å². The quantitative estimate of drug-likeness (QED) is 0.0606. The van der Waals surface area contributed by atoms with Crippen molar-refractivity contribution in [2.75, 3.05) is 39.6 Å². The molecule has 6 heterocycles. The summed E-state index contributed by atoms with van der Waals surface area (Å²) in [4.78, 5) is 25.4. The van der Waals surface area contributed by atoms with Crippen molar-refractivity contribution in [2.24, 2.45) is 0 Å². The minimum atomic E-state index is -2.27. The minimum Gasteiger partial charge on any atom is -0.394 e. The van der Waals surface area contributed by atoms with Crippen molar-refractivity contribution >= 4 is 11.8 Å². The second kappa shape index (κ2) is 26.0. The molecule has 0 aliphatic carbocycles. The number of hydrogen-bond acceptors (Lipinski definition) is 31. The summed E-state index contributed by atoms with van der Waals surface area (Å²) in [6.45, 7) is -3.89. The first-order valence-electron chi connectivity index (χ1n) is 23.1. The molecular weight excluding hydrogens is 1000 g/mol. The first-order chi connectivity index (χ1) is 34.5. The van der Waals surface area contributed by atoms with Gasteiger partial charge in [0.1, 0.15) is 146 Å². The van der Waals surface area contributed by atoms with Gasteiger partial charge >= 0.3 is 0 Å². The van der Waals surface area contributed by atoms with Crippen LogP contribution >= 0.6 is 0 Å². The summed E-state index contributed by atoms with van der Waals surface area (Å²) in [5.74, 6) is -1.73. The van der Waals surface area contributed by atoms with Gasteiger partial charge in [-0.15, -0.1) is 0 Å². The Morgan fingerprint density at radius 3 is 0.986 bits per heavy atom. The van der Waals surface area contributed by atoms with Gasteiger partial charge in [-0.2, -0.15) is 0 Å². The molecule has 6 aliphatic rings. The Balaban J connectivity index is 1.27. The van der Waals surface area contributed by atoms with Crippen LogP contribution in [-0.2, 0) is 61.7 Å². The van der Waals surface area contributed by atoms with Crippen LogP contribution in [0.25, 0.3) is 0 Å². The molecule has 6 rings (SSSR count). The molecule has 0 aromatic rings. The molecular formula is C40H68N2O31. The Bertz CT molecular complexity index is 1750. The summed E-state index contributed by atoms with van der Waals surface area (Å²) in [5.41, 5.74) is 0. The van der Waals surface area contributed by atoms with E-state index in [0.717, 1.165) is 13.8 Å². The number of carbonyl (C=O) groups excluding carboxylic acids is 2. The predicted octanol–water partition coefficient (Wildman–Crippen LogP) is -13.8. The standard InChI is InChI=1S/C40H68N2O31/c1-9(49)41-17-31(70-38-27(59)24(56)19(51)11(3-43)66-38)20(52)12(4-44)64-36(17)73-34-23(55)15(7-47)68-40(29(34)61)71-32-18(42-10(2)50)37(65-13(5-45)21(32)53)72-33-22(54)14(6-46)67-39(28(33)60)69-30-16(8-48)63-35(62)26(58)25(30)57/h11-40,43-48,51-62H,3-8H2,1-2H3,(H,41,49)(H,42,50)/t11-,12-,13-,14-,15-,16-,17-,18-,19-,20-,21-,22-,23-,24+,25-,26-,27+,28+,29+,30-,31-,32-,33+,34+,35-,36+,37+,38+,39+,40+/m1/s1. The van der Waals surface area contributed by atoms with Gasteiger partial charge in [-0.1, -0.05) is 0 Å². The number of aliphatic hydroxyl groups excluding tert-OH is 18. The smallest absolute Gasteiger partial charge is 0.217 e. The zero-order chi connectivity index (χ0) is 53.9. The molecule has 0 spiro atoms. The maximum absolute atomic E-state index is 12.8. The zero-order valence-corrected chi connectivity index (χ0v) is 38.9. The first kappa shape index (κ1) is 60.0. The average Bonchev–Trinajstić information content (AvgIpc) is 3.35. The van der Waals surface area contributed by atoms with E-state index >= 15 is 0 Å². The molecule has 0 aromatic heterocycles. The molecule has 0 radical (unpaired) electrons. The molecule has 6 aliphatic heterocycles. The van der Waals surface area contributed by atoms with Crippen LogP contribution in [-0.4, -0.2) is 327 Å². The Hall–Kier alpha value is -2.22. The Morgan fingerprint density at radius 2 is 0.630 bits per heavy atom. The van der Waals surface area contributed by atoms with Crippen molar-refractivity contribution < 1.29 is 154 Å². The Labute approximate surface area is 413 Å². The fourth-order valence-electron chi connectivity index (χ4n) is 9.31. The molecule has 20 N–H and O–H groups in total. The molecule has 0 saturated carbocycles. The number of aliphatic hydroxyl groups is 18. The average molecular weight is 1070 g/mol. The normalized spacial score (nSPS) is 49.8. The van der Waals surface area contributed by atoms with Gasteiger partial charge in [-0.25, -0.2) is 0 Å². The largest absolute Gasteiger partial charge is 0.394 e. The van der Waals surface area contributed by atoms with E-state index in [2.05, 4.69) is 10.6 Å². The summed E-state index contributed by atoms with van der Waals surface area (Å²) >= 11 is 0. The van der Waals surface area contributed by atoms with Crippen LogP contribution in [0.4, 0.5) is 0 Å². The van der Waals surface area contributed by atoms with Gasteiger partial charge in [-0.05, 0) is 0 Å². The lowest BCUT2D eigenvalue weighted by molar-refractivity contribution is -0.385. The SMILES string of the molecule is CC(=O)N[C@H]1[C@H](O[C@@H]2[C@H](O)[C@H](O[C@H]3[C@H](O)[C@@H](CO)O[C@@H](O[C@@H]4[C@H](O)[C@H](O[C@H]5[C@H](O)[C@@H](O)[C@H](O)O[C@@H]5CO)O[C@H](CO)[C@H]4O)[C@@H]3NC(C)=O)O[C@H](CO)[C@H]2O)O[C@H](CO)[C@@H](O)[C@@H]1O[C@@H]1O[C@H](CO)[C@@H](O)[C@H](O)[C@@H]1O. The zero-order valence-electron chi connectivity index (χ0n) is 38.9. The number of rotatable bonds is 18. The van der Waals surface area contributed by atoms with Crippen molar-refractivity contribution in [2.45, 2.75) is 198 Å². The lowest BCUT2D eigenvalue weighted by Crippen LogP contribution is -2.71. The van der Waals surface area contributed by atoms with Crippen LogP contribution in [0.15, 0.2) is 0 Å². The Morgan fingerprint density at radius 1 is 0.329 bits per heavy atom. The fourth-order valence-corrected chi connectivity index (χ4v) is 9.31. The lowest BCUT2D eigenvalue weighted by atomic mass is 9.93. The van der Waals surface area contributed by atoms with E-state index in [9.17, 15) is 102 Å². The van der Waals surface area contributed by atoms with Crippen molar-refractivity contribution in [1.29, 1.82) is 0 Å². The summed E-state index contributed by atoms with van der Waals surface area (Å²) in [6, 6.07) is -3.56. The molecule has 30 atom stereocenters. The maximum atomic E-state index is 12.8. The number of nitrogens with one attached hydrogen (secondary N) is 2. The van der Waals surface area contributed by atoms with E-state index in [-0.39, 0.29) is 0 Å². The van der Waals surface area contributed by atoms with Crippen LogP contribution < -0.4 is 10.6 Å². The molecule has 2 amide bonds. The summed E-state index contributed by atoms with van der Waals surface area (Å²) in [7, 11) is 0. The number of ether oxygens (including phenoxy) is 11. The lowest BCUT2D eigenvalue weighted by Gasteiger charge is -2.51. The topological polar surface area (TPSA) is 524 Å². The van der Waals surface area contributed by atoms with E-state index in [4.69, 9.17) is 52.1 Å². The number of carbonyl (C=O) groups is 2. The highest BCUT2D eigenvalue weighted by Crippen LogP contribution is 2.37. The van der Waals surface area contributed by atoms with Gasteiger partial charge in [0.15, 0.2) is 37.7 Å². The van der Waals surface area contributed by atoms with E-state index in [1.54, 1.807) is 0 Å². The van der Waals surface area contributed by atoms with Gasteiger partial charge in [0.25, 0.3) is 0 Å². The van der Waals surface area contributed by atoms with Gasteiger partial charge in [-0.3, -0.25) is 9.59 Å². The van der Waals surface area contributed by atoms with Gasteiger partial charge in [0.2, 0.25) is 11.8 Å².